The summed E-state index contributed by atoms with van der Waals surface area (Å²) < 4.78 is 5.64. The molecule has 0 bridgehead atoms. The quantitative estimate of drug-likeness (QED) is 0.517. The van der Waals surface area contributed by atoms with E-state index in [2.05, 4.69) is 18.5 Å². The number of ether oxygens (including phenoxy) is 1. The van der Waals surface area contributed by atoms with Crippen molar-refractivity contribution >= 4 is 0 Å². The Hall–Kier alpha value is -1.42. The highest BCUT2D eigenvalue weighted by Gasteiger charge is 2.15. The summed E-state index contributed by atoms with van der Waals surface area (Å²) in [6.07, 6.45) is 2.40. The lowest BCUT2D eigenvalue weighted by Crippen LogP contribution is -2.36. The number of hydrogen-bond acceptors (Lipinski definition) is 3. The van der Waals surface area contributed by atoms with Gasteiger partial charge in [0.1, 0.15) is 6.10 Å². The van der Waals surface area contributed by atoms with Crippen LogP contribution < -0.4 is 5.32 Å². The van der Waals surface area contributed by atoms with Crippen molar-refractivity contribution in [2.75, 3.05) is 13.1 Å². The predicted molar refractivity (Wildman–Crippen MR) is 74.3 cm³/mol. The Labute approximate surface area is 109 Å². The minimum atomic E-state index is -0.605. The number of rotatable bonds is 9. The molecule has 0 saturated heterocycles. The third-order valence-electron chi connectivity index (χ3n) is 2.54. The van der Waals surface area contributed by atoms with Crippen molar-refractivity contribution < 1.29 is 9.84 Å². The predicted octanol–water partition coefficient (Wildman–Crippen LogP) is 1.89. The second-order valence-electron chi connectivity index (χ2n) is 4.01. The van der Waals surface area contributed by atoms with Gasteiger partial charge in [0.2, 0.25) is 0 Å². The van der Waals surface area contributed by atoms with E-state index < -0.39 is 6.10 Å². The molecule has 0 fully saturated rings. The fourth-order valence-corrected chi connectivity index (χ4v) is 1.55. The summed E-state index contributed by atoms with van der Waals surface area (Å²) >= 11 is 0. The third-order valence-corrected chi connectivity index (χ3v) is 2.54. The van der Waals surface area contributed by atoms with Gasteiger partial charge in [0, 0.05) is 13.1 Å². The van der Waals surface area contributed by atoms with E-state index in [-0.39, 0.29) is 6.10 Å². The molecule has 0 aliphatic rings. The van der Waals surface area contributed by atoms with Crippen LogP contribution in [0.15, 0.2) is 55.6 Å². The molecule has 1 aromatic carbocycles. The first kappa shape index (κ1) is 14.6. The molecule has 0 heterocycles. The molecular weight excluding hydrogens is 226 g/mol. The molecule has 0 spiro atoms. The van der Waals surface area contributed by atoms with Crippen molar-refractivity contribution in [2.45, 2.75) is 18.8 Å². The van der Waals surface area contributed by atoms with Crippen LogP contribution in [0, 0.1) is 0 Å². The number of nitrogens with one attached hydrogen (secondary N) is 1. The molecule has 3 heteroatoms. The Kier molecular flexibility index (Phi) is 7.03. The largest absolute Gasteiger partial charge is 0.389 e. The maximum Gasteiger partial charge on any atom is 0.103 e. The van der Waals surface area contributed by atoms with E-state index in [0.717, 1.165) is 5.56 Å². The molecule has 0 unspecified atom stereocenters. The van der Waals surface area contributed by atoms with Gasteiger partial charge in [0.25, 0.3) is 0 Å². The Balaban J connectivity index is 2.36. The standard InChI is InChI=1S/C15H21NO2/c1-3-10-16-11-14(17)15(4-2)18-12-13-8-6-5-7-9-13/h3-9,14-17H,1-2,10-12H2/t14-,15+/m0/s1. The van der Waals surface area contributed by atoms with Crippen molar-refractivity contribution in [1.29, 1.82) is 0 Å². The van der Waals surface area contributed by atoms with Crippen LogP contribution in [0.3, 0.4) is 0 Å². The molecule has 0 aromatic heterocycles. The molecule has 18 heavy (non-hydrogen) atoms. The Morgan fingerprint density at radius 3 is 2.61 bits per heavy atom. The highest BCUT2D eigenvalue weighted by Crippen LogP contribution is 2.07. The Bertz CT molecular complexity index is 351. The average Bonchev–Trinajstić information content (AvgIpc) is 2.41. The summed E-state index contributed by atoms with van der Waals surface area (Å²) in [5, 5.41) is 13.0. The first-order valence-corrected chi connectivity index (χ1v) is 6.05. The summed E-state index contributed by atoms with van der Waals surface area (Å²) in [4.78, 5) is 0. The fourth-order valence-electron chi connectivity index (χ4n) is 1.55. The molecule has 0 aliphatic heterocycles. The number of hydrogen-bond donors (Lipinski definition) is 2. The van der Waals surface area contributed by atoms with Gasteiger partial charge in [0.05, 0.1) is 12.7 Å². The topological polar surface area (TPSA) is 41.5 Å². The zero-order valence-corrected chi connectivity index (χ0v) is 10.6. The summed E-state index contributed by atoms with van der Waals surface area (Å²) in [7, 11) is 0. The number of aliphatic hydroxyl groups excluding tert-OH is 1. The van der Waals surface area contributed by atoms with E-state index in [0.29, 0.717) is 19.7 Å². The van der Waals surface area contributed by atoms with Crippen molar-refractivity contribution in [3.8, 4) is 0 Å². The van der Waals surface area contributed by atoms with Crippen LogP contribution in [-0.2, 0) is 11.3 Å². The minimum absolute atomic E-state index is 0.373. The number of aliphatic hydroxyl groups is 1. The van der Waals surface area contributed by atoms with Crippen LogP contribution in [0.1, 0.15) is 5.56 Å². The van der Waals surface area contributed by atoms with E-state index in [4.69, 9.17) is 4.74 Å². The minimum Gasteiger partial charge on any atom is -0.389 e. The van der Waals surface area contributed by atoms with Crippen LogP contribution in [0.2, 0.25) is 0 Å². The molecule has 0 saturated carbocycles. The normalized spacial score (nSPS) is 13.8. The Morgan fingerprint density at radius 1 is 1.28 bits per heavy atom. The van der Waals surface area contributed by atoms with Crippen LogP contribution in [-0.4, -0.2) is 30.4 Å². The lowest BCUT2D eigenvalue weighted by atomic mass is 10.2. The fraction of sp³-hybridized carbons (Fsp3) is 0.333. The first-order valence-electron chi connectivity index (χ1n) is 6.05. The summed E-state index contributed by atoms with van der Waals surface area (Å²) in [5.41, 5.74) is 1.08. The van der Waals surface area contributed by atoms with Crippen LogP contribution in [0.25, 0.3) is 0 Å². The lowest BCUT2D eigenvalue weighted by molar-refractivity contribution is -0.0169. The summed E-state index contributed by atoms with van der Waals surface area (Å²) in [6.45, 7) is 8.88. The SMILES string of the molecule is C=CCNC[C@H](O)[C@@H](C=C)OCc1ccccc1. The van der Waals surface area contributed by atoms with Crippen molar-refractivity contribution in [3.05, 3.63) is 61.2 Å². The first-order chi connectivity index (χ1) is 8.77. The van der Waals surface area contributed by atoms with E-state index in [1.165, 1.54) is 0 Å². The van der Waals surface area contributed by atoms with Gasteiger partial charge < -0.3 is 15.2 Å². The number of benzene rings is 1. The van der Waals surface area contributed by atoms with Gasteiger partial charge >= 0.3 is 0 Å². The molecule has 98 valence electrons. The molecular formula is C15H21NO2. The molecule has 0 amide bonds. The highest BCUT2D eigenvalue weighted by atomic mass is 16.5. The van der Waals surface area contributed by atoms with Crippen molar-refractivity contribution in [3.63, 3.8) is 0 Å². The van der Waals surface area contributed by atoms with Gasteiger partial charge in [-0.15, -0.1) is 13.2 Å². The molecule has 3 nitrogen and oxygen atoms in total. The van der Waals surface area contributed by atoms with E-state index in [1.54, 1.807) is 12.2 Å². The third kappa shape index (κ3) is 5.27. The molecule has 0 radical (unpaired) electrons. The Morgan fingerprint density at radius 2 is 2.00 bits per heavy atom. The van der Waals surface area contributed by atoms with Gasteiger partial charge in [-0.3, -0.25) is 0 Å². The van der Waals surface area contributed by atoms with Gasteiger partial charge in [-0.05, 0) is 5.56 Å². The second kappa shape index (κ2) is 8.64. The van der Waals surface area contributed by atoms with Crippen LogP contribution >= 0.6 is 0 Å². The smallest absolute Gasteiger partial charge is 0.103 e. The van der Waals surface area contributed by atoms with Gasteiger partial charge in [0.15, 0.2) is 0 Å². The maximum atomic E-state index is 9.92. The van der Waals surface area contributed by atoms with Gasteiger partial charge in [-0.1, -0.05) is 42.5 Å². The van der Waals surface area contributed by atoms with Crippen molar-refractivity contribution in [2.24, 2.45) is 0 Å². The van der Waals surface area contributed by atoms with Gasteiger partial charge in [-0.2, -0.15) is 0 Å². The average molecular weight is 247 g/mol. The second-order valence-corrected chi connectivity index (χ2v) is 4.01. The molecule has 2 atom stereocenters. The highest BCUT2D eigenvalue weighted by molar-refractivity contribution is 5.13. The van der Waals surface area contributed by atoms with Crippen LogP contribution in [0.4, 0.5) is 0 Å². The molecule has 0 aliphatic carbocycles. The lowest BCUT2D eigenvalue weighted by Gasteiger charge is -2.20. The molecule has 1 aromatic rings. The molecule has 2 N–H and O–H groups in total. The van der Waals surface area contributed by atoms with E-state index in [1.807, 2.05) is 30.3 Å². The summed E-state index contributed by atoms with van der Waals surface area (Å²) in [6, 6.07) is 9.86. The monoisotopic (exact) mass is 247 g/mol. The van der Waals surface area contributed by atoms with Gasteiger partial charge in [-0.25, -0.2) is 0 Å². The van der Waals surface area contributed by atoms with E-state index >= 15 is 0 Å². The zero-order chi connectivity index (χ0) is 13.2. The van der Waals surface area contributed by atoms with Crippen molar-refractivity contribution in [1.82, 2.24) is 5.32 Å². The zero-order valence-electron chi connectivity index (χ0n) is 10.6. The van der Waals surface area contributed by atoms with E-state index in [9.17, 15) is 5.11 Å². The van der Waals surface area contributed by atoms with Crippen LogP contribution in [0.5, 0.6) is 0 Å². The molecule has 1 rings (SSSR count). The maximum absolute atomic E-state index is 9.92. The summed E-state index contributed by atoms with van der Waals surface area (Å²) in [5.74, 6) is 0.